The van der Waals surface area contributed by atoms with Crippen molar-refractivity contribution in [1.29, 1.82) is 0 Å². The van der Waals surface area contributed by atoms with Crippen molar-refractivity contribution in [3.05, 3.63) is 47.8 Å². The van der Waals surface area contributed by atoms with Gasteiger partial charge in [0, 0.05) is 11.6 Å². The van der Waals surface area contributed by atoms with Gasteiger partial charge < -0.3 is 14.7 Å². The molecule has 0 spiro atoms. The van der Waals surface area contributed by atoms with E-state index in [-0.39, 0.29) is 29.0 Å². The van der Waals surface area contributed by atoms with Crippen LogP contribution >= 0.6 is 0 Å². The molecule has 0 radical (unpaired) electrons. The Morgan fingerprint density at radius 3 is 2.62 bits per heavy atom. The van der Waals surface area contributed by atoms with Crippen LogP contribution in [0.1, 0.15) is 5.56 Å². The molecule has 106 valence electrons. The van der Waals surface area contributed by atoms with Crippen LogP contribution in [0.4, 0.5) is 4.39 Å². The molecule has 5 nitrogen and oxygen atoms in total. The molecule has 0 amide bonds. The van der Waals surface area contributed by atoms with Crippen molar-refractivity contribution < 1.29 is 19.1 Å². The largest absolute Gasteiger partial charge is 0.508 e. The van der Waals surface area contributed by atoms with E-state index < -0.39 is 0 Å². The number of hydrogen-bond acceptors (Lipinski definition) is 5. The minimum atomic E-state index is -0.355. The fourth-order valence-electron chi connectivity index (χ4n) is 1.88. The Balaban J connectivity index is 2.01. The zero-order valence-corrected chi connectivity index (χ0v) is 11.0. The first kappa shape index (κ1) is 13.1. The van der Waals surface area contributed by atoms with Gasteiger partial charge in [-0.05, 0) is 30.7 Å². The molecule has 6 heteroatoms. The summed E-state index contributed by atoms with van der Waals surface area (Å²) in [5.74, 6) is -0.303. The van der Waals surface area contributed by atoms with E-state index in [1.807, 2.05) is 0 Å². The number of aromatic nitrogens is 2. The van der Waals surface area contributed by atoms with E-state index >= 15 is 0 Å². The third kappa shape index (κ3) is 2.43. The van der Waals surface area contributed by atoms with Crippen molar-refractivity contribution >= 4 is 0 Å². The molecular formula is C15H11FN2O3. The Kier molecular flexibility index (Phi) is 3.06. The fourth-order valence-corrected chi connectivity index (χ4v) is 1.88. The van der Waals surface area contributed by atoms with Crippen molar-refractivity contribution in [2.24, 2.45) is 0 Å². The summed E-state index contributed by atoms with van der Waals surface area (Å²) in [5, 5.41) is 22.8. The molecule has 0 fully saturated rings. The molecule has 21 heavy (non-hydrogen) atoms. The topological polar surface area (TPSA) is 79.4 Å². The molecular weight excluding hydrogens is 275 g/mol. The summed E-state index contributed by atoms with van der Waals surface area (Å²) in [6, 6.07) is 8.65. The Morgan fingerprint density at radius 2 is 1.90 bits per heavy atom. The first-order valence-corrected chi connectivity index (χ1v) is 6.17. The van der Waals surface area contributed by atoms with Crippen molar-refractivity contribution in [2.75, 3.05) is 0 Å². The van der Waals surface area contributed by atoms with Crippen LogP contribution < -0.4 is 0 Å². The summed E-state index contributed by atoms with van der Waals surface area (Å²) in [6.07, 6.45) is 0. The standard InChI is InChI=1S/C15H11FN2O3/c1-8-2-3-9(6-12(8)16)14-17-15(21-18-14)11-5-4-10(19)7-13(11)20/h2-7,19-20H,1H3. The molecule has 0 saturated heterocycles. The maximum atomic E-state index is 13.5. The van der Waals surface area contributed by atoms with Crippen molar-refractivity contribution in [3.8, 4) is 34.3 Å². The first-order valence-electron chi connectivity index (χ1n) is 6.17. The fraction of sp³-hybridized carbons (Fsp3) is 0.0667. The summed E-state index contributed by atoms with van der Waals surface area (Å²) in [4.78, 5) is 4.13. The lowest BCUT2D eigenvalue weighted by Gasteiger charge is -1.99. The molecule has 0 aliphatic rings. The number of phenolic OH excluding ortho intramolecular Hbond substituents is 2. The third-order valence-electron chi connectivity index (χ3n) is 3.07. The van der Waals surface area contributed by atoms with Gasteiger partial charge in [0.25, 0.3) is 5.89 Å². The van der Waals surface area contributed by atoms with Gasteiger partial charge in [0.05, 0.1) is 5.56 Å². The number of nitrogens with zero attached hydrogens (tertiary/aromatic N) is 2. The molecule has 2 N–H and O–H groups in total. The Morgan fingerprint density at radius 1 is 1.10 bits per heavy atom. The number of halogens is 1. The lowest BCUT2D eigenvalue weighted by Crippen LogP contribution is -1.86. The highest BCUT2D eigenvalue weighted by molar-refractivity contribution is 5.66. The van der Waals surface area contributed by atoms with Crippen molar-refractivity contribution in [1.82, 2.24) is 10.1 Å². The molecule has 3 aromatic rings. The van der Waals surface area contributed by atoms with Crippen LogP contribution in [-0.4, -0.2) is 20.4 Å². The first-order chi connectivity index (χ1) is 10.0. The molecule has 0 aliphatic heterocycles. The predicted octanol–water partition coefficient (Wildman–Crippen LogP) is 3.26. The summed E-state index contributed by atoms with van der Waals surface area (Å²) in [5.41, 5.74) is 1.30. The monoisotopic (exact) mass is 286 g/mol. The highest BCUT2D eigenvalue weighted by Crippen LogP contribution is 2.32. The molecule has 0 atom stereocenters. The summed E-state index contributed by atoms with van der Waals surface area (Å²) in [7, 11) is 0. The number of hydrogen-bond donors (Lipinski definition) is 2. The van der Waals surface area contributed by atoms with Crippen LogP contribution in [-0.2, 0) is 0 Å². The van der Waals surface area contributed by atoms with Crippen LogP contribution in [0, 0.1) is 12.7 Å². The smallest absolute Gasteiger partial charge is 0.262 e. The van der Waals surface area contributed by atoms with Crippen LogP contribution in [0.3, 0.4) is 0 Å². The quantitative estimate of drug-likeness (QED) is 0.756. The predicted molar refractivity (Wildman–Crippen MR) is 73.2 cm³/mol. The van der Waals surface area contributed by atoms with Gasteiger partial charge in [-0.25, -0.2) is 4.39 Å². The second kappa shape index (κ2) is 4.90. The average Bonchev–Trinajstić information content (AvgIpc) is 2.91. The van der Waals surface area contributed by atoms with E-state index in [2.05, 4.69) is 10.1 Å². The van der Waals surface area contributed by atoms with Gasteiger partial charge in [0.2, 0.25) is 5.82 Å². The number of rotatable bonds is 2. The molecule has 1 aromatic heterocycles. The molecule has 2 aromatic carbocycles. The van der Waals surface area contributed by atoms with Gasteiger partial charge in [0.1, 0.15) is 17.3 Å². The van der Waals surface area contributed by atoms with E-state index in [1.165, 1.54) is 24.3 Å². The minimum Gasteiger partial charge on any atom is -0.508 e. The van der Waals surface area contributed by atoms with Crippen molar-refractivity contribution in [2.45, 2.75) is 6.92 Å². The Labute approximate surface area is 119 Å². The van der Waals surface area contributed by atoms with E-state index in [1.54, 1.807) is 19.1 Å². The maximum absolute atomic E-state index is 13.5. The van der Waals surface area contributed by atoms with Gasteiger partial charge in [-0.2, -0.15) is 4.98 Å². The van der Waals surface area contributed by atoms with Crippen LogP contribution in [0.2, 0.25) is 0 Å². The highest BCUT2D eigenvalue weighted by Gasteiger charge is 2.15. The molecule has 1 heterocycles. The van der Waals surface area contributed by atoms with E-state index in [9.17, 15) is 14.6 Å². The third-order valence-corrected chi connectivity index (χ3v) is 3.07. The average molecular weight is 286 g/mol. The zero-order valence-electron chi connectivity index (χ0n) is 11.0. The van der Waals surface area contributed by atoms with E-state index in [0.29, 0.717) is 16.7 Å². The molecule has 3 rings (SSSR count). The van der Waals surface area contributed by atoms with E-state index in [4.69, 9.17) is 4.52 Å². The summed E-state index contributed by atoms with van der Waals surface area (Å²) >= 11 is 0. The Bertz CT molecular complexity index is 814. The molecule has 0 aliphatic carbocycles. The second-order valence-corrected chi connectivity index (χ2v) is 4.59. The van der Waals surface area contributed by atoms with Crippen LogP contribution in [0.15, 0.2) is 40.9 Å². The lowest BCUT2D eigenvalue weighted by molar-refractivity contribution is 0.423. The summed E-state index contributed by atoms with van der Waals surface area (Å²) < 4.78 is 18.6. The van der Waals surface area contributed by atoms with Gasteiger partial charge in [0.15, 0.2) is 0 Å². The number of aromatic hydroxyl groups is 2. The highest BCUT2D eigenvalue weighted by atomic mass is 19.1. The SMILES string of the molecule is Cc1ccc(-c2noc(-c3ccc(O)cc3O)n2)cc1F. The number of aryl methyl sites for hydroxylation is 1. The minimum absolute atomic E-state index is 0.0726. The summed E-state index contributed by atoms with van der Waals surface area (Å²) in [6.45, 7) is 1.66. The maximum Gasteiger partial charge on any atom is 0.262 e. The Hall–Kier alpha value is -2.89. The van der Waals surface area contributed by atoms with Gasteiger partial charge >= 0.3 is 0 Å². The second-order valence-electron chi connectivity index (χ2n) is 4.59. The molecule has 0 saturated carbocycles. The van der Waals surface area contributed by atoms with Gasteiger partial charge in [-0.3, -0.25) is 0 Å². The van der Waals surface area contributed by atoms with Crippen molar-refractivity contribution in [3.63, 3.8) is 0 Å². The van der Waals surface area contributed by atoms with Gasteiger partial charge in [-0.1, -0.05) is 17.3 Å². The van der Waals surface area contributed by atoms with Crippen LogP contribution in [0.5, 0.6) is 11.5 Å². The lowest BCUT2D eigenvalue weighted by atomic mass is 10.1. The van der Waals surface area contributed by atoms with Gasteiger partial charge in [-0.15, -0.1) is 0 Å². The molecule has 0 bridgehead atoms. The van der Waals surface area contributed by atoms with Crippen LogP contribution in [0.25, 0.3) is 22.8 Å². The van der Waals surface area contributed by atoms with E-state index in [0.717, 1.165) is 0 Å². The number of benzene rings is 2. The number of phenols is 2. The normalized spacial score (nSPS) is 10.8. The molecule has 0 unspecified atom stereocenters. The zero-order chi connectivity index (χ0) is 15.0.